The van der Waals surface area contributed by atoms with Crippen molar-refractivity contribution in [2.75, 3.05) is 37.0 Å². The Labute approximate surface area is 144 Å². The van der Waals surface area contributed by atoms with Crippen LogP contribution in [0.2, 0.25) is 0 Å². The van der Waals surface area contributed by atoms with Gasteiger partial charge in [0.25, 0.3) is 0 Å². The van der Waals surface area contributed by atoms with Gasteiger partial charge in [-0.3, -0.25) is 0 Å². The summed E-state index contributed by atoms with van der Waals surface area (Å²) in [5.74, 6) is 3.36. The van der Waals surface area contributed by atoms with Gasteiger partial charge >= 0.3 is 0 Å². The Morgan fingerprint density at radius 2 is 2.25 bits per heavy atom. The smallest absolute Gasteiger partial charge is 0.224 e. The first-order chi connectivity index (χ1) is 11.7. The van der Waals surface area contributed by atoms with Gasteiger partial charge in [0.05, 0.1) is 7.11 Å². The molecule has 1 N–H and O–H groups in total. The molecule has 0 bridgehead atoms. The van der Waals surface area contributed by atoms with E-state index in [4.69, 9.17) is 4.74 Å². The summed E-state index contributed by atoms with van der Waals surface area (Å²) in [6, 6.07) is 10.2. The van der Waals surface area contributed by atoms with Gasteiger partial charge < -0.3 is 15.0 Å². The van der Waals surface area contributed by atoms with Crippen LogP contribution in [0.3, 0.4) is 0 Å². The number of benzene rings is 1. The van der Waals surface area contributed by atoms with E-state index in [-0.39, 0.29) is 0 Å². The molecule has 0 radical (unpaired) electrons. The third-order valence-corrected chi connectivity index (χ3v) is 4.45. The van der Waals surface area contributed by atoms with Crippen molar-refractivity contribution in [3.63, 3.8) is 0 Å². The molecule has 0 amide bonds. The van der Waals surface area contributed by atoms with Crippen molar-refractivity contribution in [3.05, 3.63) is 42.1 Å². The van der Waals surface area contributed by atoms with E-state index in [9.17, 15) is 0 Å². The Bertz CT molecular complexity index is 661. The second-order valence-electron chi connectivity index (χ2n) is 6.46. The molecule has 1 unspecified atom stereocenters. The fraction of sp³-hybridized carbons (Fsp3) is 0.474. The van der Waals surface area contributed by atoms with Gasteiger partial charge in [-0.2, -0.15) is 4.98 Å². The number of rotatable bonds is 6. The average molecular weight is 326 g/mol. The van der Waals surface area contributed by atoms with E-state index < -0.39 is 0 Å². The van der Waals surface area contributed by atoms with E-state index in [0.29, 0.717) is 5.95 Å². The van der Waals surface area contributed by atoms with Crippen LogP contribution in [0.5, 0.6) is 5.75 Å². The highest BCUT2D eigenvalue weighted by Crippen LogP contribution is 2.21. The maximum atomic E-state index is 5.26. The molecule has 1 saturated heterocycles. The first-order valence-electron chi connectivity index (χ1n) is 8.69. The van der Waals surface area contributed by atoms with E-state index in [1.54, 1.807) is 7.11 Å². The number of ether oxygens (including phenoxy) is 1. The largest absolute Gasteiger partial charge is 0.497 e. The topological polar surface area (TPSA) is 50.3 Å². The van der Waals surface area contributed by atoms with Gasteiger partial charge in [0.2, 0.25) is 5.95 Å². The second kappa shape index (κ2) is 7.99. The maximum Gasteiger partial charge on any atom is 0.224 e. The highest BCUT2D eigenvalue weighted by atomic mass is 16.5. The van der Waals surface area contributed by atoms with Gasteiger partial charge in [0.1, 0.15) is 11.6 Å². The molecule has 2 aromatic rings. The van der Waals surface area contributed by atoms with Crippen LogP contribution in [-0.2, 0) is 6.42 Å². The van der Waals surface area contributed by atoms with Gasteiger partial charge in [0, 0.05) is 25.8 Å². The standard InChI is InChI=1S/C19H26N4O/c1-15-5-4-12-23(14-15)18-9-11-21-19(22-18)20-10-8-16-6-3-7-17(13-16)24-2/h3,6-7,9,11,13,15H,4-5,8,10,12,14H2,1-2H3,(H,20,21,22). The molecule has 5 heteroatoms. The van der Waals surface area contributed by atoms with Crippen molar-refractivity contribution in [1.29, 1.82) is 0 Å². The molecular weight excluding hydrogens is 300 g/mol. The normalized spacial score (nSPS) is 17.6. The Kier molecular flexibility index (Phi) is 5.51. The number of aromatic nitrogens is 2. The van der Waals surface area contributed by atoms with Crippen LogP contribution in [0.15, 0.2) is 36.5 Å². The van der Waals surface area contributed by atoms with Crippen molar-refractivity contribution in [2.24, 2.45) is 5.92 Å². The number of hydrogen-bond donors (Lipinski definition) is 1. The Morgan fingerprint density at radius 3 is 3.08 bits per heavy atom. The third kappa shape index (κ3) is 4.37. The molecule has 1 atom stereocenters. The van der Waals surface area contributed by atoms with Crippen LogP contribution < -0.4 is 15.0 Å². The van der Waals surface area contributed by atoms with Gasteiger partial charge in [-0.25, -0.2) is 4.98 Å². The van der Waals surface area contributed by atoms with E-state index in [1.165, 1.54) is 18.4 Å². The van der Waals surface area contributed by atoms with Crippen molar-refractivity contribution in [2.45, 2.75) is 26.2 Å². The lowest BCUT2D eigenvalue weighted by Gasteiger charge is -2.31. The van der Waals surface area contributed by atoms with E-state index in [2.05, 4.69) is 39.2 Å². The zero-order chi connectivity index (χ0) is 16.8. The van der Waals surface area contributed by atoms with Gasteiger partial charge in [-0.15, -0.1) is 0 Å². The summed E-state index contributed by atoms with van der Waals surface area (Å²) in [5, 5.41) is 3.33. The molecule has 1 aromatic carbocycles. The first kappa shape index (κ1) is 16.6. The molecule has 1 aromatic heterocycles. The van der Waals surface area contributed by atoms with E-state index in [1.807, 2.05) is 24.4 Å². The molecular formula is C19H26N4O. The summed E-state index contributed by atoms with van der Waals surface area (Å²) >= 11 is 0. The number of piperidine rings is 1. The van der Waals surface area contributed by atoms with Crippen molar-refractivity contribution < 1.29 is 4.74 Å². The minimum absolute atomic E-state index is 0.702. The zero-order valence-corrected chi connectivity index (χ0v) is 14.5. The van der Waals surface area contributed by atoms with Crippen LogP contribution in [0.25, 0.3) is 0 Å². The first-order valence-corrected chi connectivity index (χ1v) is 8.69. The molecule has 24 heavy (non-hydrogen) atoms. The lowest BCUT2D eigenvalue weighted by Crippen LogP contribution is -2.34. The fourth-order valence-corrected chi connectivity index (χ4v) is 3.15. The number of nitrogens with one attached hydrogen (secondary N) is 1. The Balaban J connectivity index is 1.56. The highest BCUT2D eigenvalue weighted by molar-refractivity contribution is 5.43. The molecule has 2 heterocycles. The van der Waals surface area contributed by atoms with E-state index in [0.717, 1.165) is 43.5 Å². The summed E-state index contributed by atoms with van der Waals surface area (Å²) in [6.45, 7) is 5.28. The Hall–Kier alpha value is -2.30. The SMILES string of the molecule is COc1cccc(CCNc2nccc(N3CCCC(C)C3)n2)c1. The minimum atomic E-state index is 0.702. The van der Waals surface area contributed by atoms with Crippen LogP contribution in [0, 0.1) is 5.92 Å². The summed E-state index contributed by atoms with van der Waals surface area (Å²) < 4.78 is 5.26. The molecule has 0 spiro atoms. The van der Waals surface area contributed by atoms with Crippen molar-refractivity contribution >= 4 is 11.8 Å². The summed E-state index contributed by atoms with van der Waals surface area (Å²) in [5.41, 5.74) is 1.24. The maximum absolute atomic E-state index is 5.26. The molecule has 1 aliphatic rings. The van der Waals surface area contributed by atoms with Crippen LogP contribution in [-0.4, -0.2) is 36.7 Å². The van der Waals surface area contributed by atoms with Crippen molar-refractivity contribution in [3.8, 4) is 5.75 Å². The number of methoxy groups -OCH3 is 1. The summed E-state index contributed by atoms with van der Waals surface area (Å²) in [4.78, 5) is 11.4. The van der Waals surface area contributed by atoms with E-state index >= 15 is 0 Å². The predicted molar refractivity (Wildman–Crippen MR) is 97.8 cm³/mol. The molecule has 0 aliphatic carbocycles. The molecule has 0 saturated carbocycles. The second-order valence-corrected chi connectivity index (χ2v) is 6.46. The number of hydrogen-bond acceptors (Lipinski definition) is 5. The fourth-order valence-electron chi connectivity index (χ4n) is 3.15. The van der Waals surface area contributed by atoms with Gasteiger partial charge in [-0.05, 0) is 48.9 Å². The zero-order valence-electron chi connectivity index (χ0n) is 14.5. The van der Waals surface area contributed by atoms with Crippen LogP contribution in [0.4, 0.5) is 11.8 Å². The quantitative estimate of drug-likeness (QED) is 0.882. The predicted octanol–water partition coefficient (Wildman–Crippen LogP) is 3.38. The minimum Gasteiger partial charge on any atom is -0.497 e. The van der Waals surface area contributed by atoms with Gasteiger partial charge in [-0.1, -0.05) is 19.1 Å². The lowest BCUT2D eigenvalue weighted by atomic mass is 10.0. The van der Waals surface area contributed by atoms with Crippen molar-refractivity contribution in [1.82, 2.24) is 9.97 Å². The number of nitrogens with zero attached hydrogens (tertiary/aromatic N) is 3. The Morgan fingerprint density at radius 1 is 1.33 bits per heavy atom. The average Bonchev–Trinajstić information content (AvgIpc) is 2.62. The number of anilines is 2. The summed E-state index contributed by atoms with van der Waals surface area (Å²) in [7, 11) is 1.69. The van der Waals surface area contributed by atoms with Crippen LogP contribution >= 0.6 is 0 Å². The molecule has 1 fully saturated rings. The summed E-state index contributed by atoms with van der Waals surface area (Å²) in [6.07, 6.45) is 5.30. The monoisotopic (exact) mass is 326 g/mol. The molecule has 5 nitrogen and oxygen atoms in total. The molecule has 1 aliphatic heterocycles. The third-order valence-electron chi connectivity index (χ3n) is 4.45. The lowest BCUT2D eigenvalue weighted by molar-refractivity contribution is 0.414. The van der Waals surface area contributed by atoms with Gasteiger partial charge in [0.15, 0.2) is 0 Å². The molecule has 128 valence electrons. The highest BCUT2D eigenvalue weighted by Gasteiger charge is 2.17. The van der Waals surface area contributed by atoms with Crippen LogP contribution in [0.1, 0.15) is 25.3 Å². The molecule has 3 rings (SSSR count).